The predicted molar refractivity (Wildman–Crippen MR) is 499 cm³/mol. The number of rotatable bonds is 76. The number of nitrogens with one attached hydrogen (secondary N) is 18. The number of carboxylic acid groups (broad SMARTS) is 4. The van der Waals surface area contributed by atoms with Crippen molar-refractivity contribution in [3.8, 4) is 0 Å². The molecule has 0 aliphatic carbocycles. The summed E-state index contributed by atoms with van der Waals surface area (Å²) >= 11 is 0. The van der Waals surface area contributed by atoms with Crippen LogP contribution in [0.5, 0.6) is 0 Å². The molecule has 50 heteroatoms. The first-order chi connectivity index (χ1) is 64.4. The Morgan fingerprint density at radius 3 is 0.691 bits per heavy atom. The van der Waals surface area contributed by atoms with Crippen molar-refractivity contribution in [1.29, 1.82) is 5.41 Å². The van der Waals surface area contributed by atoms with Crippen molar-refractivity contribution in [2.24, 2.45) is 63.6 Å². The zero-order chi connectivity index (χ0) is 103. The van der Waals surface area contributed by atoms with Gasteiger partial charge in [0.05, 0.1) is 31.3 Å². The number of aromatic nitrogens is 2. The Bertz CT molecular complexity index is 3940. The lowest BCUT2D eigenvalue weighted by molar-refractivity contribution is -0.142. The molecule has 0 aliphatic rings. The molecule has 0 unspecified atom stereocenters. The Morgan fingerprint density at radius 2 is 0.500 bits per heavy atom. The van der Waals surface area contributed by atoms with Crippen molar-refractivity contribution in [2.75, 3.05) is 52.4 Å². The molecular formula is C86H155N27O23. The summed E-state index contributed by atoms with van der Waals surface area (Å²) < 4.78 is 0. The van der Waals surface area contributed by atoms with E-state index < -0.39 is 240 Å². The molecule has 0 spiro atoms. The fourth-order valence-corrected chi connectivity index (χ4v) is 14.3. The van der Waals surface area contributed by atoms with Gasteiger partial charge in [-0.2, -0.15) is 0 Å². The van der Waals surface area contributed by atoms with E-state index in [0.717, 1.165) is 0 Å². The van der Waals surface area contributed by atoms with Gasteiger partial charge in [0.15, 0.2) is 5.96 Å². The number of carboxylic acids is 4. The molecule has 136 heavy (non-hydrogen) atoms. The lowest BCUT2D eigenvalue weighted by Gasteiger charge is -2.29. The molecule has 0 fully saturated rings. The van der Waals surface area contributed by atoms with Crippen LogP contribution in [0.2, 0.25) is 0 Å². The molecule has 1 aromatic rings. The van der Waals surface area contributed by atoms with E-state index in [2.05, 4.69) is 95.0 Å². The van der Waals surface area contributed by atoms with Crippen molar-refractivity contribution >= 4 is 118 Å². The third-order valence-electron chi connectivity index (χ3n) is 21.4. The molecule has 772 valence electrons. The lowest BCUT2D eigenvalue weighted by Crippen LogP contribution is -2.61. The Hall–Kier alpha value is -11.9. The maximum absolute atomic E-state index is 14.8. The molecule has 0 aromatic carbocycles. The molecular weight excluding hydrogens is 1780 g/mol. The van der Waals surface area contributed by atoms with Crippen LogP contribution in [0.25, 0.3) is 0 Å². The maximum atomic E-state index is 14.8. The SMILES string of the molecule is CC(=O)N[C@@H](CCCCN)C(=O)N[C@@H](CC(C)C)C(=O)N[C@@H](CC(=O)O)C(=O)N[C@@H](CCCCN)C(=O)N[C@@H](CCCCN)C(=O)N[C@@H](CC(C)C)C(=O)N[C@@H](CC(=O)O)C(=O)N[C@@H](CCCCN)C(=O)N[C@@H](CCCCN)C(=O)N[C@@H](CC(C)C)C(=O)N[C@@H](CC(=O)O)C(=O)N[C@@H](CCCCN)C(=O)N[C@@H](CCCCN)C(=O)N[C@@H](CCCNC(=N)N)C(=O)N[C@@H](Cc1c[nH]cn1)C(=O)O. The number of carbonyl (C=O) groups is 19. The zero-order valence-corrected chi connectivity index (χ0v) is 79.5. The van der Waals surface area contributed by atoms with Gasteiger partial charge in [-0.05, 0) is 231 Å². The molecule has 1 heterocycles. The van der Waals surface area contributed by atoms with Crippen LogP contribution in [0, 0.1) is 23.2 Å². The van der Waals surface area contributed by atoms with E-state index in [1.165, 1.54) is 19.4 Å². The molecule has 0 radical (unpaired) electrons. The molecule has 0 bridgehead atoms. The van der Waals surface area contributed by atoms with E-state index in [4.69, 9.17) is 51.3 Å². The highest BCUT2D eigenvalue weighted by atomic mass is 16.4. The number of nitrogens with zero attached hydrogens (tertiary/aromatic N) is 1. The topological polar surface area (TPSA) is 858 Å². The van der Waals surface area contributed by atoms with Crippen molar-refractivity contribution in [3.63, 3.8) is 0 Å². The highest BCUT2D eigenvalue weighted by Crippen LogP contribution is 2.18. The highest BCUT2D eigenvalue weighted by molar-refractivity contribution is 6.02. The van der Waals surface area contributed by atoms with Crippen LogP contribution in [-0.4, -0.2) is 292 Å². The van der Waals surface area contributed by atoms with E-state index in [1.54, 1.807) is 41.5 Å². The third kappa shape index (κ3) is 52.3. The minimum atomic E-state index is -2.01. The van der Waals surface area contributed by atoms with Crippen molar-refractivity contribution in [3.05, 3.63) is 18.2 Å². The third-order valence-corrected chi connectivity index (χ3v) is 21.4. The van der Waals surface area contributed by atoms with Crippen LogP contribution in [0.15, 0.2) is 12.5 Å². The number of hydrogen-bond donors (Lipinski definition) is 30. The van der Waals surface area contributed by atoms with E-state index in [0.29, 0.717) is 45.1 Å². The van der Waals surface area contributed by atoms with E-state index in [-0.39, 0.29) is 192 Å². The first-order valence-electron chi connectivity index (χ1n) is 46.8. The number of aliphatic carboxylic acids is 4. The fraction of sp³-hybridized carbons (Fsp3) is 0.733. The second-order valence-electron chi connectivity index (χ2n) is 34.9. The smallest absolute Gasteiger partial charge is 0.326 e. The first-order valence-corrected chi connectivity index (χ1v) is 46.8. The summed E-state index contributed by atoms with van der Waals surface area (Å²) in [6.45, 7) is 12.4. The van der Waals surface area contributed by atoms with Gasteiger partial charge in [0.25, 0.3) is 0 Å². The number of carbonyl (C=O) groups excluding carboxylic acids is 15. The molecule has 15 amide bonds. The molecule has 50 nitrogen and oxygen atoms in total. The molecule has 0 saturated carbocycles. The highest BCUT2D eigenvalue weighted by Gasteiger charge is 2.40. The van der Waals surface area contributed by atoms with Crippen LogP contribution >= 0.6 is 0 Å². The van der Waals surface area contributed by atoms with Gasteiger partial charge in [-0.15, -0.1) is 0 Å². The number of amides is 15. The summed E-state index contributed by atoms with van der Waals surface area (Å²) in [4.78, 5) is 271. The number of nitrogens with two attached hydrogens (primary N) is 8. The van der Waals surface area contributed by atoms with Gasteiger partial charge in [0.1, 0.15) is 90.6 Å². The zero-order valence-electron chi connectivity index (χ0n) is 79.5. The molecule has 1 rings (SSSR count). The van der Waals surface area contributed by atoms with Crippen molar-refractivity contribution < 1.29 is 112 Å². The number of hydrogen-bond acceptors (Lipinski definition) is 28. The molecule has 38 N–H and O–H groups in total. The van der Waals surface area contributed by atoms with E-state index in [9.17, 15) is 112 Å². The minimum absolute atomic E-state index is 0.0121. The fourth-order valence-electron chi connectivity index (χ4n) is 14.3. The normalized spacial score (nSPS) is 14.5. The quantitative estimate of drug-likeness (QED) is 0.0164. The number of H-pyrrole nitrogens is 1. The van der Waals surface area contributed by atoms with Crippen molar-refractivity contribution in [2.45, 2.75) is 332 Å². The van der Waals surface area contributed by atoms with Gasteiger partial charge < -0.3 is 156 Å². The van der Waals surface area contributed by atoms with Gasteiger partial charge in [-0.25, -0.2) is 9.78 Å². The Labute approximate surface area is 793 Å². The van der Waals surface area contributed by atoms with E-state index >= 15 is 0 Å². The number of aromatic amines is 1. The summed E-state index contributed by atoms with van der Waals surface area (Å²) in [5.41, 5.74) is 46.4. The second-order valence-corrected chi connectivity index (χ2v) is 34.9. The predicted octanol–water partition coefficient (Wildman–Crippen LogP) is -5.94. The summed E-state index contributed by atoms with van der Waals surface area (Å²) in [5, 5.41) is 88.5. The monoisotopic (exact) mass is 1930 g/mol. The van der Waals surface area contributed by atoms with Gasteiger partial charge in [-0.1, -0.05) is 41.5 Å². The minimum Gasteiger partial charge on any atom is -0.481 e. The summed E-state index contributed by atoms with van der Waals surface area (Å²) in [5.74, 6) is -22.8. The van der Waals surface area contributed by atoms with Crippen LogP contribution in [-0.2, 0) is 97.5 Å². The average molecular weight is 1940 g/mol. The Morgan fingerprint density at radius 1 is 0.301 bits per heavy atom. The van der Waals surface area contributed by atoms with Gasteiger partial charge >= 0.3 is 23.9 Å². The molecule has 0 saturated heterocycles. The number of unbranched alkanes of at least 4 members (excludes halogenated alkanes) is 7. The van der Waals surface area contributed by atoms with Crippen LogP contribution in [0.4, 0.5) is 0 Å². The van der Waals surface area contributed by atoms with E-state index in [1.807, 2.05) is 0 Å². The van der Waals surface area contributed by atoms with Crippen molar-refractivity contribution in [1.82, 2.24) is 95.0 Å². The van der Waals surface area contributed by atoms with Gasteiger partial charge in [-0.3, -0.25) is 91.7 Å². The van der Waals surface area contributed by atoms with Crippen LogP contribution < -0.4 is 131 Å². The molecule has 15 atom stereocenters. The summed E-state index contributed by atoms with van der Waals surface area (Å²) in [6, 6.07) is -23.8. The first kappa shape index (κ1) is 122. The van der Waals surface area contributed by atoms with Gasteiger partial charge in [0, 0.05) is 26.1 Å². The van der Waals surface area contributed by atoms with Gasteiger partial charge in [0.2, 0.25) is 88.6 Å². The number of imidazole rings is 1. The van der Waals surface area contributed by atoms with Crippen LogP contribution in [0.1, 0.15) is 240 Å². The average Bonchev–Trinajstić information content (AvgIpc) is 1.57. The summed E-state index contributed by atoms with van der Waals surface area (Å²) in [7, 11) is 0. The second kappa shape index (κ2) is 69.0. The standard InChI is InChI=1S/C86H155N27O23/c1-48(2)39-61(107-71(121)53(99-51(7)114)23-8-15-31-87)79(129)110-64(43-68(115)116)82(132)105-56(26-11-18-34-90)74(124)101-58(28-13-20-36-92)76(126)109-63(41-50(5)6)81(131)112-66(45-70(119)120)84(134)106-57(27-12-19-35-91)75(125)102-59(29-14-21-37-93)77(127)108-62(40-49(3)4)80(130)111-65(44-69(117)118)83(133)104-55(25-10-17-33-89)73(123)100-54(24-9-16-32-88)72(122)103-60(30-22-38-97-86(94)95)78(128)113-67(85(135)136)42-52-46-96-47-98-52/h46-50,53-67H,8-45,87-93H2,1-7H3,(H,96,98)(H,99,114)(H,100,123)(H,101,124)(H,102,125)(H,103,122)(H,104,133)(H,105,132)(H,106,134)(H,107,121)(H,108,127)(H,109,126)(H,110,129)(H,111,130)(H,112,131)(H,113,128)(H,115,116)(H,117,118)(H,119,120)(H,135,136)(H4,94,95,97)/t53-,54-,55-,56-,57-,58-,59-,60-,61-,62-,63-,64-,65-,66-,67-/m0/s1. The molecule has 1 aromatic heterocycles. The molecule has 0 aliphatic heterocycles. The number of guanidine groups is 1. The largest absolute Gasteiger partial charge is 0.481 e. The Kier molecular flexibility index (Phi) is 62.0. The maximum Gasteiger partial charge on any atom is 0.326 e. The summed E-state index contributed by atoms with van der Waals surface area (Å²) in [6.07, 6.45) is 1.73. The Balaban J connectivity index is 3.84. The lowest BCUT2D eigenvalue weighted by atomic mass is 10.00. The van der Waals surface area contributed by atoms with Crippen LogP contribution in [0.3, 0.4) is 0 Å².